The van der Waals surface area contributed by atoms with E-state index in [4.69, 9.17) is 16.0 Å². The highest BCUT2D eigenvalue weighted by atomic mass is 35.5. The minimum atomic E-state index is -0.572. The van der Waals surface area contributed by atoms with E-state index in [-0.39, 0.29) is 16.9 Å². The number of hydrogen-bond acceptors (Lipinski definition) is 5. The maximum absolute atomic E-state index is 12.8. The van der Waals surface area contributed by atoms with E-state index in [0.717, 1.165) is 10.6 Å². The van der Waals surface area contributed by atoms with Gasteiger partial charge in [0.05, 0.1) is 16.8 Å². The van der Waals surface area contributed by atoms with Crippen LogP contribution in [0.3, 0.4) is 0 Å². The molecule has 3 aromatic rings. The number of halogens is 1. The van der Waals surface area contributed by atoms with Crippen LogP contribution in [0.2, 0.25) is 5.02 Å². The molecule has 3 heterocycles. The molecule has 32 heavy (non-hydrogen) atoms. The molecule has 1 aromatic heterocycles. The van der Waals surface area contributed by atoms with Crippen molar-refractivity contribution >= 4 is 47.0 Å². The van der Waals surface area contributed by atoms with Crippen LogP contribution in [0.5, 0.6) is 0 Å². The lowest BCUT2D eigenvalue weighted by atomic mass is 10.0. The Hall–Kier alpha value is -4.17. The Morgan fingerprint density at radius 1 is 0.906 bits per heavy atom. The second-order valence-corrected chi connectivity index (χ2v) is 7.73. The standard InChI is InChI=1S/C23H14ClN3O5/c1-11-2-4-13(9-18(11)24)27-23(31)17(22(30)26-27)10-14-5-7-19(32-14)12-3-6-15-16(8-12)21(29)25-20(15)28/h2-10H,1H3,(H,26,30)(H,25,28,29). The van der Waals surface area contributed by atoms with Gasteiger partial charge in [0, 0.05) is 10.6 Å². The third-order valence-electron chi connectivity index (χ3n) is 5.24. The van der Waals surface area contributed by atoms with Gasteiger partial charge in [0.15, 0.2) is 0 Å². The monoisotopic (exact) mass is 447 g/mol. The van der Waals surface area contributed by atoms with Crippen molar-refractivity contribution in [1.29, 1.82) is 0 Å². The summed E-state index contributed by atoms with van der Waals surface area (Å²) in [6.45, 7) is 1.83. The third-order valence-corrected chi connectivity index (χ3v) is 5.65. The number of imide groups is 1. The summed E-state index contributed by atoms with van der Waals surface area (Å²) in [7, 11) is 0. The van der Waals surface area contributed by atoms with Gasteiger partial charge in [-0.25, -0.2) is 5.01 Å². The average Bonchev–Trinajstić information content (AvgIpc) is 3.43. The maximum Gasteiger partial charge on any atom is 0.282 e. The van der Waals surface area contributed by atoms with Crippen molar-refractivity contribution in [2.24, 2.45) is 0 Å². The zero-order chi connectivity index (χ0) is 22.6. The van der Waals surface area contributed by atoms with E-state index in [1.54, 1.807) is 48.5 Å². The van der Waals surface area contributed by atoms with Gasteiger partial charge >= 0.3 is 0 Å². The molecule has 0 spiro atoms. The highest BCUT2D eigenvalue weighted by Crippen LogP contribution is 2.29. The predicted octanol–water partition coefficient (Wildman–Crippen LogP) is 3.25. The second kappa shape index (κ2) is 7.21. The number of aryl methyl sites for hydroxylation is 1. The summed E-state index contributed by atoms with van der Waals surface area (Å²) in [5.74, 6) is -1.32. The Bertz CT molecular complexity index is 1390. The first-order chi connectivity index (χ1) is 15.3. The fourth-order valence-electron chi connectivity index (χ4n) is 3.51. The fraction of sp³-hybridized carbons (Fsp3) is 0.0435. The summed E-state index contributed by atoms with van der Waals surface area (Å²) in [6.07, 6.45) is 1.35. The van der Waals surface area contributed by atoms with Crippen LogP contribution in [0, 0.1) is 6.92 Å². The molecule has 1 saturated heterocycles. The largest absolute Gasteiger partial charge is 0.457 e. The molecule has 0 radical (unpaired) electrons. The van der Waals surface area contributed by atoms with Crippen LogP contribution in [0.4, 0.5) is 5.69 Å². The van der Waals surface area contributed by atoms with Gasteiger partial charge in [-0.2, -0.15) is 0 Å². The Labute approximate surface area is 186 Å². The van der Waals surface area contributed by atoms with Crippen LogP contribution >= 0.6 is 11.6 Å². The van der Waals surface area contributed by atoms with Gasteiger partial charge in [0.25, 0.3) is 23.6 Å². The topological polar surface area (TPSA) is 109 Å². The van der Waals surface area contributed by atoms with Crippen molar-refractivity contribution in [1.82, 2.24) is 10.7 Å². The molecule has 8 nitrogen and oxygen atoms in total. The number of nitrogens with zero attached hydrogens (tertiary/aromatic N) is 1. The number of rotatable bonds is 3. The molecule has 2 aliphatic rings. The molecular weight excluding hydrogens is 434 g/mol. The molecule has 0 bridgehead atoms. The van der Waals surface area contributed by atoms with Crippen LogP contribution in [-0.4, -0.2) is 23.6 Å². The molecular formula is C23H14ClN3O5. The van der Waals surface area contributed by atoms with Crippen molar-refractivity contribution in [2.75, 3.05) is 5.01 Å². The van der Waals surface area contributed by atoms with E-state index in [0.29, 0.717) is 27.6 Å². The van der Waals surface area contributed by atoms with Crippen LogP contribution in [-0.2, 0) is 9.59 Å². The Kier molecular flexibility index (Phi) is 4.45. The van der Waals surface area contributed by atoms with Gasteiger partial charge < -0.3 is 4.42 Å². The number of fused-ring (bicyclic) bond motifs is 1. The van der Waals surface area contributed by atoms with Crippen LogP contribution in [0.25, 0.3) is 17.4 Å². The van der Waals surface area contributed by atoms with Gasteiger partial charge in [0.1, 0.15) is 17.1 Å². The summed E-state index contributed by atoms with van der Waals surface area (Å²) < 4.78 is 5.76. The van der Waals surface area contributed by atoms with Gasteiger partial charge in [-0.3, -0.25) is 29.9 Å². The van der Waals surface area contributed by atoms with E-state index >= 15 is 0 Å². The third kappa shape index (κ3) is 3.17. The molecule has 0 atom stereocenters. The van der Waals surface area contributed by atoms with E-state index in [9.17, 15) is 19.2 Å². The summed E-state index contributed by atoms with van der Waals surface area (Å²) in [5, 5.41) is 3.83. The van der Waals surface area contributed by atoms with Gasteiger partial charge in [0.2, 0.25) is 0 Å². The Balaban J connectivity index is 1.43. The molecule has 2 N–H and O–H groups in total. The minimum Gasteiger partial charge on any atom is -0.457 e. The molecule has 4 amide bonds. The Morgan fingerprint density at radius 2 is 1.69 bits per heavy atom. The van der Waals surface area contributed by atoms with Crippen molar-refractivity contribution < 1.29 is 23.6 Å². The number of hydrogen-bond donors (Lipinski definition) is 2. The summed E-state index contributed by atoms with van der Waals surface area (Å²) in [4.78, 5) is 48.8. The molecule has 158 valence electrons. The Morgan fingerprint density at radius 3 is 2.47 bits per heavy atom. The van der Waals surface area contributed by atoms with Crippen LogP contribution in [0.1, 0.15) is 32.0 Å². The maximum atomic E-state index is 12.8. The molecule has 5 rings (SSSR count). The number of carbonyl (C=O) groups excluding carboxylic acids is 4. The van der Waals surface area contributed by atoms with Gasteiger partial charge in [-0.15, -0.1) is 0 Å². The lowest BCUT2D eigenvalue weighted by Crippen LogP contribution is -2.35. The van der Waals surface area contributed by atoms with Crippen LogP contribution < -0.4 is 15.8 Å². The van der Waals surface area contributed by atoms with E-state index in [1.807, 2.05) is 6.92 Å². The quantitative estimate of drug-likeness (QED) is 0.364. The van der Waals surface area contributed by atoms with Gasteiger partial charge in [-0.1, -0.05) is 23.7 Å². The van der Waals surface area contributed by atoms with E-state index in [2.05, 4.69) is 10.7 Å². The molecule has 0 saturated carbocycles. The number of benzene rings is 2. The first-order valence-electron chi connectivity index (χ1n) is 9.55. The molecule has 2 aliphatic heterocycles. The average molecular weight is 448 g/mol. The highest BCUT2D eigenvalue weighted by Gasteiger charge is 2.35. The second-order valence-electron chi connectivity index (χ2n) is 7.32. The number of furan rings is 1. The number of hydrazine groups is 1. The molecule has 1 fully saturated rings. The predicted molar refractivity (Wildman–Crippen MR) is 116 cm³/mol. The summed E-state index contributed by atoms with van der Waals surface area (Å²) in [6, 6.07) is 13.0. The SMILES string of the molecule is Cc1ccc(N2NC(=O)C(=Cc3ccc(-c4ccc5c(c4)C(=O)NC5=O)o3)C2=O)cc1Cl. The zero-order valence-electron chi connectivity index (χ0n) is 16.6. The summed E-state index contributed by atoms with van der Waals surface area (Å²) in [5.41, 5.74) is 4.85. The minimum absolute atomic E-state index is 0.0958. The molecule has 2 aromatic carbocycles. The number of nitrogens with one attached hydrogen (secondary N) is 2. The van der Waals surface area contributed by atoms with Crippen LogP contribution in [0.15, 0.2) is 58.5 Å². The first-order valence-corrected chi connectivity index (χ1v) is 9.93. The zero-order valence-corrected chi connectivity index (χ0v) is 17.3. The van der Waals surface area contributed by atoms with Crippen molar-refractivity contribution in [3.05, 3.63) is 81.6 Å². The lowest BCUT2D eigenvalue weighted by molar-refractivity contribution is -0.117. The number of anilines is 1. The smallest absolute Gasteiger partial charge is 0.282 e. The lowest BCUT2D eigenvalue weighted by Gasteiger charge is -2.15. The molecule has 0 unspecified atom stereocenters. The van der Waals surface area contributed by atoms with Crippen molar-refractivity contribution in [3.63, 3.8) is 0 Å². The van der Waals surface area contributed by atoms with Crippen molar-refractivity contribution in [3.8, 4) is 11.3 Å². The van der Waals surface area contributed by atoms with Crippen molar-refractivity contribution in [2.45, 2.75) is 6.92 Å². The fourth-order valence-corrected chi connectivity index (χ4v) is 3.68. The van der Waals surface area contributed by atoms with E-state index in [1.165, 1.54) is 6.08 Å². The van der Waals surface area contributed by atoms with Gasteiger partial charge in [-0.05, 0) is 55.0 Å². The normalized spacial score (nSPS) is 16.6. The molecule has 9 heteroatoms. The first kappa shape index (κ1) is 19.8. The highest BCUT2D eigenvalue weighted by molar-refractivity contribution is 6.33. The molecule has 0 aliphatic carbocycles. The summed E-state index contributed by atoms with van der Waals surface area (Å²) >= 11 is 6.13. The number of carbonyl (C=O) groups is 4. The number of amides is 4. The van der Waals surface area contributed by atoms with E-state index < -0.39 is 23.6 Å².